The lowest BCUT2D eigenvalue weighted by Crippen LogP contribution is -2.27. The number of nitrogens with one attached hydrogen (secondary N) is 1. The van der Waals surface area contributed by atoms with Crippen LogP contribution in [0, 0.1) is 6.92 Å². The predicted octanol–water partition coefficient (Wildman–Crippen LogP) is 3.60. The average molecular weight is 272 g/mol. The first-order valence-corrected chi connectivity index (χ1v) is 6.82. The van der Waals surface area contributed by atoms with Crippen molar-refractivity contribution >= 4 is 5.91 Å². The molecule has 0 spiro atoms. The summed E-state index contributed by atoms with van der Waals surface area (Å²) in [6.45, 7) is 7.69. The van der Waals surface area contributed by atoms with E-state index in [4.69, 9.17) is 4.42 Å². The molecule has 20 heavy (non-hydrogen) atoms. The Kier molecular flexibility index (Phi) is 4.23. The zero-order valence-electron chi connectivity index (χ0n) is 12.3. The molecule has 1 amide bonds. The van der Waals surface area contributed by atoms with Crippen LogP contribution in [0.25, 0.3) is 0 Å². The molecule has 0 radical (unpaired) electrons. The molecule has 0 saturated heterocycles. The molecule has 0 unspecified atom stereocenters. The molecule has 0 aliphatic carbocycles. The first-order valence-electron chi connectivity index (χ1n) is 6.82. The Morgan fingerprint density at radius 1 is 1.20 bits per heavy atom. The smallest absolute Gasteiger partial charge is 0.274 e. The molecule has 0 aliphatic rings. The highest BCUT2D eigenvalue weighted by molar-refractivity contribution is 5.93. The minimum absolute atomic E-state index is 0.0673. The van der Waals surface area contributed by atoms with Crippen LogP contribution in [-0.2, 0) is 0 Å². The van der Waals surface area contributed by atoms with E-state index in [0.717, 1.165) is 5.56 Å². The number of hydrogen-bond acceptors (Lipinski definition) is 3. The summed E-state index contributed by atoms with van der Waals surface area (Å²) in [5.74, 6) is 1.13. The number of amides is 1. The number of carbonyl (C=O) groups excluding carboxylic acids is 1. The van der Waals surface area contributed by atoms with Crippen LogP contribution in [0.2, 0.25) is 0 Å². The molecule has 1 N–H and O–H groups in total. The van der Waals surface area contributed by atoms with Crippen LogP contribution in [0.5, 0.6) is 0 Å². The number of rotatable bonds is 4. The fraction of sp³-hybridized carbons (Fsp3) is 0.375. The molecule has 1 atom stereocenters. The quantitative estimate of drug-likeness (QED) is 0.925. The first-order chi connectivity index (χ1) is 9.49. The van der Waals surface area contributed by atoms with Gasteiger partial charge in [-0.05, 0) is 19.4 Å². The Labute approximate surface area is 119 Å². The van der Waals surface area contributed by atoms with Gasteiger partial charge in [-0.25, -0.2) is 4.98 Å². The van der Waals surface area contributed by atoms with Gasteiger partial charge in [-0.3, -0.25) is 4.79 Å². The SMILES string of the molecule is Cc1oc(C(C)C)nc1C(=O)N[C@H](C)c1ccccc1. The van der Waals surface area contributed by atoms with E-state index in [9.17, 15) is 4.79 Å². The molecule has 1 aromatic carbocycles. The van der Waals surface area contributed by atoms with Crippen LogP contribution in [0.15, 0.2) is 34.7 Å². The Balaban J connectivity index is 2.12. The van der Waals surface area contributed by atoms with Gasteiger partial charge in [0.05, 0.1) is 6.04 Å². The van der Waals surface area contributed by atoms with Crippen LogP contribution < -0.4 is 5.32 Å². The molecule has 2 rings (SSSR count). The molecule has 0 fully saturated rings. The van der Waals surface area contributed by atoms with Gasteiger partial charge in [0, 0.05) is 5.92 Å². The molecular formula is C16H20N2O2. The monoisotopic (exact) mass is 272 g/mol. The fourth-order valence-corrected chi connectivity index (χ4v) is 1.96. The van der Waals surface area contributed by atoms with Crippen molar-refractivity contribution in [2.24, 2.45) is 0 Å². The maximum atomic E-state index is 12.3. The van der Waals surface area contributed by atoms with Gasteiger partial charge in [-0.15, -0.1) is 0 Å². The van der Waals surface area contributed by atoms with Gasteiger partial charge in [-0.1, -0.05) is 44.2 Å². The van der Waals surface area contributed by atoms with E-state index in [1.807, 2.05) is 51.1 Å². The molecule has 0 bridgehead atoms. The van der Waals surface area contributed by atoms with E-state index in [1.165, 1.54) is 0 Å². The highest BCUT2D eigenvalue weighted by Crippen LogP contribution is 2.19. The van der Waals surface area contributed by atoms with Crippen molar-refractivity contribution in [2.45, 2.75) is 39.7 Å². The lowest BCUT2D eigenvalue weighted by atomic mass is 10.1. The lowest BCUT2D eigenvalue weighted by molar-refractivity contribution is 0.0934. The van der Waals surface area contributed by atoms with Gasteiger partial charge in [0.2, 0.25) is 0 Å². The van der Waals surface area contributed by atoms with Crippen LogP contribution in [-0.4, -0.2) is 10.9 Å². The third-order valence-electron chi connectivity index (χ3n) is 3.17. The standard InChI is InChI=1S/C16H20N2O2/c1-10(2)16-18-14(12(4)20-16)15(19)17-11(3)13-8-6-5-7-9-13/h5-11H,1-4H3,(H,17,19)/t11-/m1/s1. The van der Waals surface area contributed by atoms with Crippen LogP contribution in [0.1, 0.15) is 60.4 Å². The molecule has 4 heteroatoms. The van der Waals surface area contributed by atoms with Crippen molar-refractivity contribution in [3.8, 4) is 0 Å². The van der Waals surface area contributed by atoms with Gasteiger partial charge < -0.3 is 9.73 Å². The van der Waals surface area contributed by atoms with Gasteiger partial charge in [0.25, 0.3) is 5.91 Å². The Morgan fingerprint density at radius 2 is 1.85 bits per heavy atom. The summed E-state index contributed by atoms with van der Waals surface area (Å²) in [4.78, 5) is 16.5. The topological polar surface area (TPSA) is 55.1 Å². The van der Waals surface area contributed by atoms with Gasteiger partial charge in [-0.2, -0.15) is 0 Å². The second-order valence-electron chi connectivity index (χ2n) is 5.22. The zero-order valence-corrected chi connectivity index (χ0v) is 12.3. The minimum Gasteiger partial charge on any atom is -0.445 e. The van der Waals surface area contributed by atoms with Crippen molar-refractivity contribution in [1.82, 2.24) is 10.3 Å². The summed E-state index contributed by atoms with van der Waals surface area (Å²) in [6.07, 6.45) is 0. The second-order valence-corrected chi connectivity index (χ2v) is 5.22. The molecule has 1 aromatic heterocycles. The van der Waals surface area contributed by atoms with E-state index in [-0.39, 0.29) is 17.9 Å². The van der Waals surface area contributed by atoms with Crippen molar-refractivity contribution in [1.29, 1.82) is 0 Å². The molecule has 0 aliphatic heterocycles. The third-order valence-corrected chi connectivity index (χ3v) is 3.17. The van der Waals surface area contributed by atoms with Crippen LogP contribution in [0.3, 0.4) is 0 Å². The van der Waals surface area contributed by atoms with Crippen molar-refractivity contribution in [3.05, 3.63) is 53.2 Å². The van der Waals surface area contributed by atoms with Crippen LogP contribution >= 0.6 is 0 Å². The maximum absolute atomic E-state index is 12.3. The van der Waals surface area contributed by atoms with Gasteiger partial charge in [0.15, 0.2) is 11.6 Å². The number of oxazole rings is 1. The summed E-state index contributed by atoms with van der Waals surface area (Å²) in [6, 6.07) is 9.77. The average Bonchev–Trinajstić information content (AvgIpc) is 2.82. The Morgan fingerprint density at radius 3 is 2.40 bits per heavy atom. The molecule has 2 aromatic rings. The van der Waals surface area contributed by atoms with Gasteiger partial charge in [0.1, 0.15) is 5.76 Å². The summed E-state index contributed by atoms with van der Waals surface area (Å²) in [7, 11) is 0. The molecule has 4 nitrogen and oxygen atoms in total. The maximum Gasteiger partial charge on any atom is 0.274 e. The van der Waals surface area contributed by atoms with E-state index >= 15 is 0 Å². The largest absolute Gasteiger partial charge is 0.445 e. The third kappa shape index (κ3) is 3.07. The lowest BCUT2D eigenvalue weighted by Gasteiger charge is -2.13. The Hall–Kier alpha value is -2.10. The molecule has 0 saturated carbocycles. The number of hydrogen-bond donors (Lipinski definition) is 1. The minimum atomic E-state index is -0.200. The highest BCUT2D eigenvalue weighted by atomic mass is 16.4. The zero-order chi connectivity index (χ0) is 14.7. The predicted molar refractivity (Wildman–Crippen MR) is 77.7 cm³/mol. The summed E-state index contributed by atoms with van der Waals surface area (Å²) in [5, 5.41) is 2.94. The number of aryl methyl sites for hydroxylation is 1. The number of nitrogens with zero attached hydrogens (tertiary/aromatic N) is 1. The molecule has 106 valence electrons. The van der Waals surface area contributed by atoms with E-state index in [2.05, 4.69) is 10.3 Å². The number of carbonyl (C=O) groups is 1. The normalized spacial score (nSPS) is 12.4. The van der Waals surface area contributed by atoms with Crippen molar-refractivity contribution < 1.29 is 9.21 Å². The second kappa shape index (κ2) is 5.90. The van der Waals surface area contributed by atoms with Crippen molar-refractivity contribution in [3.63, 3.8) is 0 Å². The number of benzene rings is 1. The molecular weight excluding hydrogens is 252 g/mol. The number of aromatic nitrogens is 1. The van der Waals surface area contributed by atoms with E-state index in [1.54, 1.807) is 6.92 Å². The summed E-state index contributed by atoms with van der Waals surface area (Å²) in [5.41, 5.74) is 1.43. The highest BCUT2D eigenvalue weighted by Gasteiger charge is 2.20. The van der Waals surface area contributed by atoms with Gasteiger partial charge >= 0.3 is 0 Å². The first kappa shape index (κ1) is 14.3. The van der Waals surface area contributed by atoms with E-state index < -0.39 is 0 Å². The Bertz CT molecular complexity index is 588. The van der Waals surface area contributed by atoms with E-state index in [0.29, 0.717) is 17.3 Å². The van der Waals surface area contributed by atoms with Crippen LogP contribution in [0.4, 0.5) is 0 Å². The van der Waals surface area contributed by atoms with Crippen molar-refractivity contribution in [2.75, 3.05) is 0 Å². The molecule has 1 heterocycles. The summed E-state index contributed by atoms with van der Waals surface area (Å²) < 4.78 is 5.51. The summed E-state index contributed by atoms with van der Waals surface area (Å²) >= 11 is 0. The fourth-order valence-electron chi connectivity index (χ4n) is 1.96.